The van der Waals surface area contributed by atoms with Crippen LogP contribution in [-0.2, 0) is 9.47 Å². The molecule has 0 aromatic rings. The van der Waals surface area contributed by atoms with E-state index in [0.717, 1.165) is 32.5 Å². The molecular formula is C14H26N2O2. The average Bonchev–Trinajstić information content (AvgIpc) is 2.90. The summed E-state index contributed by atoms with van der Waals surface area (Å²) in [4.78, 5) is 2.60. The van der Waals surface area contributed by atoms with Crippen LogP contribution in [0, 0.1) is 0 Å². The van der Waals surface area contributed by atoms with E-state index >= 15 is 0 Å². The summed E-state index contributed by atoms with van der Waals surface area (Å²) >= 11 is 0. The predicted octanol–water partition coefficient (Wildman–Crippen LogP) is 1.48. The van der Waals surface area contributed by atoms with Crippen molar-refractivity contribution >= 4 is 0 Å². The number of nitrogens with zero attached hydrogens (tertiary/aromatic N) is 1. The third kappa shape index (κ3) is 2.09. The highest BCUT2D eigenvalue weighted by Crippen LogP contribution is 2.41. The lowest BCUT2D eigenvalue weighted by atomic mass is 9.83. The maximum atomic E-state index is 6.38. The van der Waals surface area contributed by atoms with Crippen molar-refractivity contribution in [2.45, 2.75) is 69.4 Å². The third-order valence-electron chi connectivity index (χ3n) is 5.05. The van der Waals surface area contributed by atoms with Gasteiger partial charge in [-0.25, -0.2) is 0 Å². The van der Waals surface area contributed by atoms with Crippen molar-refractivity contribution in [2.75, 3.05) is 19.8 Å². The van der Waals surface area contributed by atoms with Crippen LogP contribution in [0.1, 0.15) is 46.0 Å². The molecule has 3 rings (SSSR count). The van der Waals surface area contributed by atoms with Gasteiger partial charge in [0.2, 0.25) is 0 Å². The lowest BCUT2D eigenvalue weighted by Crippen LogP contribution is -2.59. The molecule has 2 unspecified atom stereocenters. The molecule has 104 valence electrons. The molecule has 2 N–H and O–H groups in total. The number of rotatable bonds is 1. The number of likely N-dealkylation sites (tertiary alicyclic amines) is 1. The quantitative estimate of drug-likeness (QED) is 0.770. The Morgan fingerprint density at radius 2 is 1.89 bits per heavy atom. The number of nitrogens with two attached hydrogens (primary N) is 1. The molecule has 1 spiro atoms. The summed E-state index contributed by atoms with van der Waals surface area (Å²) in [5, 5.41) is 0. The molecule has 0 amide bonds. The van der Waals surface area contributed by atoms with Gasteiger partial charge in [-0.3, -0.25) is 4.90 Å². The Balaban J connectivity index is 1.77. The lowest BCUT2D eigenvalue weighted by Gasteiger charge is -2.47. The highest BCUT2D eigenvalue weighted by atomic mass is 16.7. The fourth-order valence-electron chi connectivity index (χ4n) is 3.99. The van der Waals surface area contributed by atoms with Crippen LogP contribution in [0.15, 0.2) is 0 Å². The van der Waals surface area contributed by atoms with Crippen molar-refractivity contribution in [3.8, 4) is 0 Å². The molecule has 1 aliphatic carbocycles. The van der Waals surface area contributed by atoms with E-state index in [1.165, 1.54) is 19.4 Å². The van der Waals surface area contributed by atoms with Crippen LogP contribution in [0.2, 0.25) is 0 Å². The van der Waals surface area contributed by atoms with Crippen LogP contribution in [0.4, 0.5) is 0 Å². The zero-order chi connectivity index (χ0) is 12.8. The molecule has 1 saturated carbocycles. The SMILES string of the molecule is CC1(C)CCCN1C1CC2(CCC1N)OCCO2. The molecule has 0 aromatic carbocycles. The highest BCUT2D eigenvalue weighted by Gasteiger charge is 2.49. The summed E-state index contributed by atoms with van der Waals surface area (Å²) in [5.74, 6) is -0.320. The normalized spacial score (nSPS) is 39.5. The van der Waals surface area contributed by atoms with E-state index in [4.69, 9.17) is 15.2 Å². The number of hydrogen-bond acceptors (Lipinski definition) is 4. The molecule has 2 heterocycles. The Labute approximate surface area is 110 Å². The fraction of sp³-hybridized carbons (Fsp3) is 1.00. The predicted molar refractivity (Wildman–Crippen MR) is 70.3 cm³/mol. The van der Waals surface area contributed by atoms with Crippen molar-refractivity contribution < 1.29 is 9.47 Å². The zero-order valence-corrected chi connectivity index (χ0v) is 11.7. The van der Waals surface area contributed by atoms with E-state index in [0.29, 0.717) is 6.04 Å². The van der Waals surface area contributed by atoms with E-state index in [9.17, 15) is 0 Å². The zero-order valence-electron chi connectivity index (χ0n) is 11.7. The monoisotopic (exact) mass is 254 g/mol. The second kappa shape index (κ2) is 4.44. The van der Waals surface area contributed by atoms with Crippen LogP contribution in [0.3, 0.4) is 0 Å². The fourth-order valence-corrected chi connectivity index (χ4v) is 3.99. The Kier molecular flexibility index (Phi) is 3.17. The maximum Gasteiger partial charge on any atom is 0.170 e. The Morgan fingerprint density at radius 3 is 2.50 bits per heavy atom. The van der Waals surface area contributed by atoms with Crippen molar-refractivity contribution in [3.05, 3.63) is 0 Å². The van der Waals surface area contributed by atoms with Gasteiger partial charge in [-0.2, -0.15) is 0 Å². The van der Waals surface area contributed by atoms with Gasteiger partial charge in [0.05, 0.1) is 13.2 Å². The molecule has 3 aliphatic rings. The van der Waals surface area contributed by atoms with E-state index < -0.39 is 0 Å². The van der Waals surface area contributed by atoms with Gasteiger partial charge in [0.25, 0.3) is 0 Å². The van der Waals surface area contributed by atoms with Crippen LogP contribution in [0.5, 0.6) is 0 Å². The van der Waals surface area contributed by atoms with E-state index in [1.807, 2.05) is 0 Å². The van der Waals surface area contributed by atoms with Crippen molar-refractivity contribution in [1.82, 2.24) is 4.90 Å². The second-order valence-corrected chi connectivity index (χ2v) is 6.69. The summed E-state index contributed by atoms with van der Waals surface area (Å²) in [6.45, 7) is 7.33. The first kappa shape index (κ1) is 12.9. The molecule has 4 nitrogen and oxygen atoms in total. The minimum absolute atomic E-state index is 0.265. The first-order valence-electron chi connectivity index (χ1n) is 7.33. The molecule has 3 fully saturated rings. The topological polar surface area (TPSA) is 47.7 Å². The molecule has 2 saturated heterocycles. The highest BCUT2D eigenvalue weighted by molar-refractivity contribution is 5.01. The molecule has 0 radical (unpaired) electrons. The van der Waals surface area contributed by atoms with Crippen LogP contribution in [0.25, 0.3) is 0 Å². The molecule has 0 aromatic heterocycles. The van der Waals surface area contributed by atoms with Crippen molar-refractivity contribution in [2.24, 2.45) is 5.73 Å². The molecule has 2 aliphatic heterocycles. The summed E-state index contributed by atoms with van der Waals surface area (Å²) in [6, 6.07) is 0.676. The van der Waals surface area contributed by atoms with Gasteiger partial charge in [-0.05, 0) is 39.7 Å². The van der Waals surface area contributed by atoms with Gasteiger partial charge < -0.3 is 15.2 Å². The smallest absolute Gasteiger partial charge is 0.170 e. The molecule has 4 heteroatoms. The second-order valence-electron chi connectivity index (χ2n) is 6.69. The van der Waals surface area contributed by atoms with Gasteiger partial charge in [-0.15, -0.1) is 0 Å². The minimum Gasteiger partial charge on any atom is -0.347 e. The maximum absolute atomic E-state index is 6.38. The third-order valence-corrected chi connectivity index (χ3v) is 5.05. The lowest BCUT2D eigenvalue weighted by molar-refractivity contribution is -0.194. The summed E-state index contributed by atoms with van der Waals surface area (Å²) in [7, 11) is 0. The molecule has 2 atom stereocenters. The van der Waals surface area contributed by atoms with Crippen LogP contribution < -0.4 is 5.73 Å². The first-order chi connectivity index (χ1) is 8.53. The standard InChI is InChI=1S/C14H26N2O2/c1-13(2)5-3-7-16(13)12-10-14(6-4-11(12)15)17-8-9-18-14/h11-12H,3-10,15H2,1-2H3. The Bertz CT molecular complexity index is 313. The number of ether oxygens (including phenoxy) is 2. The summed E-state index contributed by atoms with van der Waals surface area (Å²) in [6.07, 6.45) is 5.46. The first-order valence-corrected chi connectivity index (χ1v) is 7.33. The molecule has 18 heavy (non-hydrogen) atoms. The molecule has 0 bridgehead atoms. The van der Waals surface area contributed by atoms with E-state index in [1.54, 1.807) is 0 Å². The average molecular weight is 254 g/mol. The largest absolute Gasteiger partial charge is 0.347 e. The number of hydrogen-bond donors (Lipinski definition) is 1. The van der Waals surface area contributed by atoms with Gasteiger partial charge >= 0.3 is 0 Å². The van der Waals surface area contributed by atoms with E-state index in [2.05, 4.69) is 18.7 Å². The van der Waals surface area contributed by atoms with Gasteiger partial charge in [0.1, 0.15) is 0 Å². The summed E-state index contributed by atoms with van der Waals surface area (Å²) < 4.78 is 11.8. The van der Waals surface area contributed by atoms with Gasteiger partial charge in [-0.1, -0.05) is 0 Å². The minimum atomic E-state index is -0.320. The Hall–Kier alpha value is -0.160. The van der Waals surface area contributed by atoms with Crippen molar-refractivity contribution in [3.63, 3.8) is 0 Å². The summed E-state index contributed by atoms with van der Waals surface area (Å²) in [5.41, 5.74) is 6.66. The van der Waals surface area contributed by atoms with Crippen LogP contribution in [-0.4, -0.2) is 48.1 Å². The van der Waals surface area contributed by atoms with Crippen LogP contribution >= 0.6 is 0 Å². The Morgan fingerprint density at radius 1 is 1.17 bits per heavy atom. The van der Waals surface area contributed by atoms with Crippen molar-refractivity contribution in [1.29, 1.82) is 0 Å². The van der Waals surface area contributed by atoms with E-state index in [-0.39, 0.29) is 17.4 Å². The molecular weight excluding hydrogens is 228 g/mol. The van der Waals surface area contributed by atoms with Gasteiger partial charge in [0.15, 0.2) is 5.79 Å². The van der Waals surface area contributed by atoms with Gasteiger partial charge in [0, 0.05) is 30.5 Å².